The normalized spacial score (nSPS) is 11.2. The van der Waals surface area contributed by atoms with Crippen LogP contribution >= 0.6 is 0 Å². The van der Waals surface area contributed by atoms with Crippen LogP contribution in [0.25, 0.3) is 0 Å². The highest BCUT2D eigenvalue weighted by molar-refractivity contribution is 7.92. The molecule has 2 N–H and O–H groups in total. The van der Waals surface area contributed by atoms with Crippen molar-refractivity contribution < 1.29 is 22.0 Å². The van der Waals surface area contributed by atoms with Gasteiger partial charge >= 0.3 is 0 Å². The Kier molecular flexibility index (Phi) is 6.08. The first-order chi connectivity index (χ1) is 11.8. The van der Waals surface area contributed by atoms with E-state index in [1.54, 1.807) is 0 Å². The standard InChI is InChI=1S/C17H18F2N2O3S/c1-2-3-10-20-17(22)12-4-7-14(8-5-12)25(23,24)21-16-9-6-13(18)11-15(16)19/h4-9,11,21H,2-3,10H2,1H3,(H,20,22). The SMILES string of the molecule is CCCCNC(=O)c1ccc(S(=O)(=O)Nc2ccc(F)cc2F)cc1. The van der Waals surface area contributed by atoms with Gasteiger partial charge in [0.15, 0.2) is 0 Å². The molecule has 2 rings (SSSR count). The van der Waals surface area contributed by atoms with Crippen molar-refractivity contribution in [1.82, 2.24) is 5.32 Å². The molecule has 5 nitrogen and oxygen atoms in total. The van der Waals surface area contributed by atoms with E-state index in [1.807, 2.05) is 6.92 Å². The van der Waals surface area contributed by atoms with E-state index in [4.69, 9.17) is 0 Å². The molecule has 0 fully saturated rings. The van der Waals surface area contributed by atoms with Crippen molar-refractivity contribution in [2.45, 2.75) is 24.7 Å². The van der Waals surface area contributed by atoms with Gasteiger partial charge in [-0.05, 0) is 42.8 Å². The first kappa shape index (κ1) is 18.9. The second-order valence-corrected chi connectivity index (χ2v) is 7.05. The van der Waals surface area contributed by atoms with Gasteiger partial charge in [0.05, 0.1) is 10.6 Å². The second kappa shape index (κ2) is 8.06. The predicted octanol–water partition coefficient (Wildman–Crippen LogP) is 3.30. The lowest BCUT2D eigenvalue weighted by Crippen LogP contribution is -2.24. The molecule has 0 saturated heterocycles. The lowest BCUT2D eigenvalue weighted by atomic mass is 10.2. The number of carbonyl (C=O) groups excluding carboxylic acids is 1. The van der Waals surface area contributed by atoms with Crippen LogP contribution in [-0.4, -0.2) is 20.9 Å². The van der Waals surface area contributed by atoms with Crippen molar-refractivity contribution in [2.75, 3.05) is 11.3 Å². The van der Waals surface area contributed by atoms with Crippen LogP contribution in [0.2, 0.25) is 0 Å². The molecule has 0 bridgehead atoms. The monoisotopic (exact) mass is 368 g/mol. The van der Waals surface area contributed by atoms with Gasteiger partial charge < -0.3 is 5.32 Å². The van der Waals surface area contributed by atoms with Gasteiger partial charge in [0.1, 0.15) is 11.6 Å². The number of unbranched alkanes of at least 4 members (excludes halogenated alkanes) is 1. The molecule has 0 saturated carbocycles. The Hall–Kier alpha value is -2.48. The third-order valence-corrected chi connectivity index (χ3v) is 4.80. The zero-order chi connectivity index (χ0) is 18.4. The van der Waals surface area contributed by atoms with Gasteiger partial charge in [-0.1, -0.05) is 13.3 Å². The van der Waals surface area contributed by atoms with Gasteiger partial charge in [-0.25, -0.2) is 17.2 Å². The molecule has 0 aliphatic heterocycles. The first-order valence-corrected chi connectivity index (χ1v) is 9.18. The summed E-state index contributed by atoms with van der Waals surface area (Å²) in [7, 11) is -4.06. The molecule has 0 aliphatic carbocycles. The van der Waals surface area contributed by atoms with E-state index in [0.29, 0.717) is 18.2 Å². The number of halogens is 2. The fourth-order valence-corrected chi connectivity index (χ4v) is 3.11. The van der Waals surface area contributed by atoms with E-state index < -0.39 is 21.7 Å². The number of hydrogen-bond donors (Lipinski definition) is 2. The average molecular weight is 368 g/mol. The van der Waals surface area contributed by atoms with E-state index in [9.17, 15) is 22.0 Å². The molecular weight excluding hydrogens is 350 g/mol. The Labute approximate surface area is 145 Å². The van der Waals surface area contributed by atoms with Gasteiger partial charge in [0.2, 0.25) is 0 Å². The lowest BCUT2D eigenvalue weighted by Gasteiger charge is -2.10. The Morgan fingerprint density at radius 3 is 2.36 bits per heavy atom. The molecule has 134 valence electrons. The number of benzene rings is 2. The van der Waals surface area contributed by atoms with Crippen molar-refractivity contribution in [3.8, 4) is 0 Å². The van der Waals surface area contributed by atoms with Crippen molar-refractivity contribution in [3.63, 3.8) is 0 Å². The molecule has 8 heteroatoms. The van der Waals surface area contributed by atoms with Crippen LogP contribution in [0, 0.1) is 11.6 Å². The summed E-state index contributed by atoms with van der Waals surface area (Å²) in [5.74, 6) is -2.12. The van der Waals surface area contributed by atoms with E-state index >= 15 is 0 Å². The zero-order valence-corrected chi connectivity index (χ0v) is 14.4. The quantitative estimate of drug-likeness (QED) is 0.737. The smallest absolute Gasteiger partial charge is 0.261 e. The van der Waals surface area contributed by atoms with Crippen molar-refractivity contribution in [2.24, 2.45) is 0 Å². The number of sulfonamides is 1. The molecule has 0 aromatic heterocycles. The van der Waals surface area contributed by atoms with Gasteiger partial charge in [0.25, 0.3) is 15.9 Å². The zero-order valence-electron chi connectivity index (χ0n) is 13.6. The number of rotatable bonds is 7. The number of amides is 1. The average Bonchev–Trinajstić information content (AvgIpc) is 2.57. The minimum absolute atomic E-state index is 0.138. The molecule has 2 aromatic carbocycles. The minimum atomic E-state index is -4.06. The number of anilines is 1. The molecule has 2 aromatic rings. The molecular formula is C17H18F2N2O3S. The van der Waals surface area contributed by atoms with E-state index in [0.717, 1.165) is 25.0 Å². The van der Waals surface area contributed by atoms with Crippen LogP contribution in [0.5, 0.6) is 0 Å². The third kappa shape index (κ3) is 4.99. The molecule has 0 aliphatic rings. The second-order valence-electron chi connectivity index (χ2n) is 5.36. The number of nitrogens with one attached hydrogen (secondary N) is 2. The van der Waals surface area contributed by atoms with Crippen molar-refractivity contribution in [3.05, 3.63) is 59.7 Å². The fraction of sp³-hybridized carbons (Fsp3) is 0.235. The van der Waals surface area contributed by atoms with Crippen LogP contribution in [0.1, 0.15) is 30.1 Å². The Morgan fingerprint density at radius 2 is 1.76 bits per heavy atom. The Bertz CT molecular complexity index is 853. The van der Waals surface area contributed by atoms with Crippen LogP contribution < -0.4 is 10.0 Å². The molecule has 0 unspecified atom stereocenters. The van der Waals surface area contributed by atoms with Crippen LogP contribution in [0.15, 0.2) is 47.4 Å². The molecule has 0 radical (unpaired) electrons. The highest BCUT2D eigenvalue weighted by Crippen LogP contribution is 2.20. The summed E-state index contributed by atoms with van der Waals surface area (Å²) in [6.45, 7) is 2.55. The summed E-state index contributed by atoms with van der Waals surface area (Å²) >= 11 is 0. The third-order valence-electron chi connectivity index (χ3n) is 3.42. The summed E-state index contributed by atoms with van der Waals surface area (Å²) < 4.78 is 53.0. The van der Waals surface area contributed by atoms with Crippen LogP contribution in [0.3, 0.4) is 0 Å². The van der Waals surface area contributed by atoms with Crippen LogP contribution in [0.4, 0.5) is 14.5 Å². The maximum absolute atomic E-state index is 13.6. The maximum atomic E-state index is 13.6. The minimum Gasteiger partial charge on any atom is -0.352 e. The lowest BCUT2D eigenvalue weighted by molar-refractivity contribution is 0.0953. The predicted molar refractivity (Wildman–Crippen MR) is 90.8 cm³/mol. The molecule has 0 atom stereocenters. The topological polar surface area (TPSA) is 75.3 Å². The van der Waals surface area contributed by atoms with Crippen LogP contribution in [-0.2, 0) is 10.0 Å². The van der Waals surface area contributed by atoms with Crippen molar-refractivity contribution >= 4 is 21.6 Å². The first-order valence-electron chi connectivity index (χ1n) is 7.69. The largest absolute Gasteiger partial charge is 0.352 e. The Balaban J connectivity index is 2.13. The fourth-order valence-electron chi connectivity index (χ4n) is 2.04. The maximum Gasteiger partial charge on any atom is 0.261 e. The molecule has 25 heavy (non-hydrogen) atoms. The summed E-state index contributed by atoms with van der Waals surface area (Å²) in [6.07, 6.45) is 1.80. The summed E-state index contributed by atoms with van der Waals surface area (Å²) in [4.78, 5) is 11.7. The Morgan fingerprint density at radius 1 is 1.08 bits per heavy atom. The summed E-state index contributed by atoms with van der Waals surface area (Å²) in [6, 6.07) is 7.77. The summed E-state index contributed by atoms with van der Waals surface area (Å²) in [5.41, 5.74) is -0.0363. The van der Waals surface area contributed by atoms with Gasteiger partial charge in [0, 0.05) is 18.2 Å². The number of carbonyl (C=O) groups is 1. The molecule has 0 heterocycles. The molecule has 1 amide bonds. The van der Waals surface area contributed by atoms with Crippen molar-refractivity contribution in [1.29, 1.82) is 0 Å². The highest BCUT2D eigenvalue weighted by atomic mass is 32.2. The number of hydrogen-bond acceptors (Lipinski definition) is 3. The highest BCUT2D eigenvalue weighted by Gasteiger charge is 2.17. The van der Waals surface area contributed by atoms with Gasteiger partial charge in [-0.15, -0.1) is 0 Å². The summed E-state index contributed by atoms with van der Waals surface area (Å²) in [5, 5.41) is 2.72. The van der Waals surface area contributed by atoms with E-state index in [2.05, 4.69) is 10.0 Å². The van der Waals surface area contributed by atoms with E-state index in [1.165, 1.54) is 24.3 Å². The van der Waals surface area contributed by atoms with Gasteiger partial charge in [-0.3, -0.25) is 9.52 Å². The molecule has 0 spiro atoms. The van der Waals surface area contributed by atoms with Gasteiger partial charge in [-0.2, -0.15) is 0 Å². The van der Waals surface area contributed by atoms with E-state index in [-0.39, 0.29) is 16.5 Å².